The lowest BCUT2D eigenvalue weighted by Gasteiger charge is -2.35. The number of hydrogen-bond acceptors (Lipinski definition) is 6. The number of aromatic nitrogens is 1. The van der Waals surface area contributed by atoms with Gasteiger partial charge in [0.2, 0.25) is 0 Å². The van der Waals surface area contributed by atoms with E-state index in [1.54, 1.807) is 17.0 Å². The van der Waals surface area contributed by atoms with E-state index in [-0.39, 0.29) is 11.4 Å². The third kappa shape index (κ3) is 5.54. The molecule has 37 heavy (non-hydrogen) atoms. The number of aromatic carboxylic acids is 1. The highest BCUT2D eigenvalue weighted by Crippen LogP contribution is 2.43. The molecule has 0 unspecified atom stereocenters. The molecule has 0 radical (unpaired) electrons. The summed E-state index contributed by atoms with van der Waals surface area (Å²) in [6, 6.07) is 6.49. The number of carboxylic acid groups (broad SMARTS) is 1. The monoisotopic (exact) mass is 539 g/mol. The van der Waals surface area contributed by atoms with E-state index in [0.29, 0.717) is 27.8 Å². The Morgan fingerprint density at radius 1 is 1.19 bits per heavy atom. The fourth-order valence-electron chi connectivity index (χ4n) is 5.43. The van der Waals surface area contributed by atoms with Crippen LogP contribution in [0.15, 0.2) is 40.7 Å². The number of benzene rings is 1. The van der Waals surface area contributed by atoms with E-state index in [9.17, 15) is 19.1 Å². The van der Waals surface area contributed by atoms with Gasteiger partial charge in [-0.1, -0.05) is 31.4 Å². The Morgan fingerprint density at radius 2 is 1.97 bits per heavy atom. The van der Waals surface area contributed by atoms with Crippen LogP contribution in [0, 0.1) is 17.7 Å². The molecular formula is C28H30FN3O3S2. The molecule has 1 aliphatic heterocycles. The minimum Gasteiger partial charge on any atom is -0.477 e. The average molecular weight is 540 g/mol. The van der Waals surface area contributed by atoms with Crippen molar-refractivity contribution < 1.29 is 19.1 Å². The van der Waals surface area contributed by atoms with Crippen molar-refractivity contribution in [2.75, 3.05) is 25.5 Å². The van der Waals surface area contributed by atoms with Gasteiger partial charge in [-0.2, -0.15) is 0 Å². The minimum atomic E-state index is -0.962. The van der Waals surface area contributed by atoms with E-state index in [2.05, 4.69) is 29.2 Å². The Balaban J connectivity index is 1.48. The summed E-state index contributed by atoms with van der Waals surface area (Å²) in [7, 11) is 2.07. The van der Waals surface area contributed by atoms with Crippen LogP contribution in [0.5, 0.6) is 0 Å². The molecule has 1 aromatic carbocycles. The lowest BCUT2D eigenvalue weighted by atomic mass is 9.75. The maximum absolute atomic E-state index is 15.0. The number of nitrogens with one attached hydrogen (secondary N) is 1. The first kappa shape index (κ1) is 25.8. The molecule has 1 aliphatic carbocycles. The Hall–Kier alpha value is -2.88. The van der Waals surface area contributed by atoms with Crippen molar-refractivity contribution in [1.29, 1.82) is 0 Å². The van der Waals surface area contributed by atoms with Crippen LogP contribution in [0.25, 0.3) is 16.0 Å². The van der Waals surface area contributed by atoms with Crippen LogP contribution in [0.4, 0.5) is 10.1 Å². The number of thiophene rings is 1. The second-order valence-corrected chi connectivity index (χ2v) is 11.9. The largest absolute Gasteiger partial charge is 0.477 e. The highest BCUT2D eigenvalue weighted by molar-refractivity contribution is 7.17. The number of likely N-dealkylation sites (N-methyl/N-ethyl adjacent to an activating group) is 1. The Kier molecular flexibility index (Phi) is 7.55. The van der Waals surface area contributed by atoms with Gasteiger partial charge in [0.05, 0.1) is 11.2 Å². The first-order valence-electron chi connectivity index (χ1n) is 12.6. The molecule has 9 heteroatoms. The highest BCUT2D eigenvalue weighted by Gasteiger charge is 2.30. The summed E-state index contributed by atoms with van der Waals surface area (Å²) in [5, 5.41) is 14.2. The van der Waals surface area contributed by atoms with Crippen molar-refractivity contribution >= 4 is 45.8 Å². The number of hydrogen-bond donors (Lipinski definition) is 2. The predicted octanol–water partition coefficient (Wildman–Crippen LogP) is 6.88. The lowest BCUT2D eigenvalue weighted by molar-refractivity contribution is 0.0701. The zero-order valence-corrected chi connectivity index (χ0v) is 22.6. The molecule has 2 aromatic heterocycles. The molecule has 194 valence electrons. The molecule has 0 bridgehead atoms. The van der Waals surface area contributed by atoms with Gasteiger partial charge in [-0.05, 0) is 67.5 Å². The SMILES string of the molecule is CC1CCC(C2=C(c3cc(-c4ccc(NC(=O)c5cscn5)c(F)c4)sc3C(=O)O)CN(C)CC2)CC1. The van der Waals surface area contributed by atoms with Crippen LogP contribution in [-0.4, -0.2) is 47.0 Å². The third-order valence-electron chi connectivity index (χ3n) is 7.51. The van der Waals surface area contributed by atoms with Crippen molar-refractivity contribution in [3.8, 4) is 10.4 Å². The summed E-state index contributed by atoms with van der Waals surface area (Å²) in [5.41, 5.74) is 5.71. The summed E-state index contributed by atoms with van der Waals surface area (Å²) in [4.78, 5) is 31.8. The smallest absolute Gasteiger partial charge is 0.346 e. The Labute approximate surface area is 223 Å². The Morgan fingerprint density at radius 3 is 2.65 bits per heavy atom. The zero-order valence-electron chi connectivity index (χ0n) is 20.9. The number of rotatable bonds is 6. The van der Waals surface area contributed by atoms with Crippen LogP contribution < -0.4 is 5.32 Å². The minimum absolute atomic E-state index is 0.0578. The van der Waals surface area contributed by atoms with Crippen molar-refractivity contribution in [3.05, 3.63) is 62.7 Å². The third-order valence-corrected chi connectivity index (χ3v) is 9.26. The van der Waals surface area contributed by atoms with E-state index >= 15 is 0 Å². The highest BCUT2D eigenvalue weighted by atomic mass is 32.1. The van der Waals surface area contributed by atoms with Gasteiger partial charge < -0.3 is 15.3 Å². The van der Waals surface area contributed by atoms with Gasteiger partial charge in [-0.3, -0.25) is 4.79 Å². The molecule has 0 spiro atoms. The van der Waals surface area contributed by atoms with Gasteiger partial charge in [0.15, 0.2) is 0 Å². The van der Waals surface area contributed by atoms with Crippen LogP contribution in [-0.2, 0) is 0 Å². The number of carbonyl (C=O) groups is 2. The Bertz CT molecular complexity index is 1340. The average Bonchev–Trinajstić information content (AvgIpc) is 3.57. The number of nitrogens with zero attached hydrogens (tertiary/aromatic N) is 2. The molecule has 3 heterocycles. The topological polar surface area (TPSA) is 82.5 Å². The number of thiazole rings is 1. The molecule has 6 nitrogen and oxygen atoms in total. The summed E-state index contributed by atoms with van der Waals surface area (Å²) >= 11 is 2.47. The van der Waals surface area contributed by atoms with E-state index in [0.717, 1.165) is 42.9 Å². The van der Waals surface area contributed by atoms with Crippen LogP contribution >= 0.6 is 22.7 Å². The normalized spacial score (nSPS) is 20.7. The predicted molar refractivity (Wildman–Crippen MR) is 147 cm³/mol. The molecule has 0 atom stereocenters. The van der Waals surface area contributed by atoms with Gasteiger partial charge in [0.1, 0.15) is 16.4 Å². The van der Waals surface area contributed by atoms with E-state index in [1.165, 1.54) is 53.2 Å². The van der Waals surface area contributed by atoms with Crippen molar-refractivity contribution in [2.45, 2.75) is 39.0 Å². The van der Waals surface area contributed by atoms with E-state index in [4.69, 9.17) is 0 Å². The molecule has 5 rings (SSSR count). The number of carboxylic acids is 1. The molecule has 2 aliphatic rings. The van der Waals surface area contributed by atoms with E-state index in [1.807, 2.05) is 6.07 Å². The number of anilines is 1. The number of halogens is 1. The summed E-state index contributed by atoms with van der Waals surface area (Å²) in [6.45, 7) is 4.00. The summed E-state index contributed by atoms with van der Waals surface area (Å²) in [6.07, 6.45) is 5.69. The summed E-state index contributed by atoms with van der Waals surface area (Å²) < 4.78 is 15.0. The summed E-state index contributed by atoms with van der Waals surface area (Å²) in [5.74, 6) is -0.767. The van der Waals surface area contributed by atoms with Gasteiger partial charge in [0, 0.05) is 28.9 Å². The van der Waals surface area contributed by atoms with Crippen LogP contribution in [0.1, 0.15) is 64.8 Å². The lowest BCUT2D eigenvalue weighted by Crippen LogP contribution is -2.30. The maximum atomic E-state index is 15.0. The fourth-order valence-corrected chi connectivity index (χ4v) is 6.98. The van der Waals surface area contributed by atoms with Crippen LogP contribution in [0.3, 0.4) is 0 Å². The number of amides is 1. The molecule has 1 fully saturated rings. The quantitative estimate of drug-likeness (QED) is 0.357. The van der Waals surface area contributed by atoms with E-state index < -0.39 is 17.7 Å². The number of carbonyl (C=O) groups excluding carboxylic acids is 1. The first-order chi connectivity index (χ1) is 17.8. The van der Waals surface area contributed by atoms with Gasteiger partial charge >= 0.3 is 5.97 Å². The van der Waals surface area contributed by atoms with Gasteiger partial charge in [-0.25, -0.2) is 14.2 Å². The molecule has 1 amide bonds. The second kappa shape index (κ2) is 10.8. The first-order valence-corrected chi connectivity index (χ1v) is 14.3. The molecular weight excluding hydrogens is 509 g/mol. The fraction of sp³-hybridized carbons (Fsp3) is 0.393. The second-order valence-electron chi connectivity index (χ2n) is 10.1. The van der Waals surface area contributed by atoms with Crippen molar-refractivity contribution in [1.82, 2.24) is 9.88 Å². The maximum Gasteiger partial charge on any atom is 0.346 e. The molecule has 0 saturated heterocycles. The van der Waals surface area contributed by atoms with Gasteiger partial charge in [0.25, 0.3) is 5.91 Å². The molecule has 1 saturated carbocycles. The van der Waals surface area contributed by atoms with Crippen LogP contribution in [0.2, 0.25) is 0 Å². The van der Waals surface area contributed by atoms with Gasteiger partial charge in [-0.15, -0.1) is 22.7 Å². The van der Waals surface area contributed by atoms with Crippen molar-refractivity contribution in [3.63, 3.8) is 0 Å². The molecule has 3 aromatic rings. The van der Waals surface area contributed by atoms with Crippen molar-refractivity contribution in [2.24, 2.45) is 11.8 Å². The standard InChI is InChI=1S/C28H30FN3O3S2/c1-16-3-5-17(6-4-16)19-9-10-32(2)13-21(19)20-12-25(37-26(20)28(34)35)18-7-8-23(22(29)11-18)31-27(33)24-14-36-15-30-24/h7-8,11-12,14-17H,3-6,9-10,13H2,1-2H3,(H,31,33)(H,34,35). The zero-order chi connectivity index (χ0) is 26.1. The molecule has 2 N–H and O–H groups in total.